The Morgan fingerprint density at radius 3 is 2.33 bits per heavy atom. The summed E-state index contributed by atoms with van der Waals surface area (Å²) in [5, 5.41) is 0. The predicted octanol–water partition coefficient (Wildman–Crippen LogP) is 4.28. The number of hydrogen-bond donors (Lipinski definition) is 1. The zero-order valence-electron chi connectivity index (χ0n) is 10.7. The highest BCUT2D eigenvalue weighted by molar-refractivity contribution is 4.80. The zero-order chi connectivity index (χ0) is 11.4. The lowest BCUT2D eigenvalue weighted by atomic mass is 9.98. The van der Waals surface area contributed by atoms with Crippen LogP contribution < -0.4 is 5.73 Å². The van der Waals surface area contributed by atoms with Gasteiger partial charge in [-0.25, -0.2) is 0 Å². The molecule has 0 spiro atoms. The van der Waals surface area contributed by atoms with Crippen molar-refractivity contribution in [2.45, 2.75) is 65.2 Å². The molecule has 1 heteroatoms. The number of hydrogen-bond acceptors (Lipinski definition) is 1. The average Bonchev–Trinajstić information content (AvgIpc) is 2.25. The molecular weight excluding hydrogens is 182 g/mol. The van der Waals surface area contributed by atoms with Gasteiger partial charge in [-0.3, -0.25) is 0 Å². The van der Waals surface area contributed by atoms with Gasteiger partial charge in [0, 0.05) is 0 Å². The van der Waals surface area contributed by atoms with Gasteiger partial charge in [-0.15, -0.1) is 0 Å². The van der Waals surface area contributed by atoms with Crippen LogP contribution in [-0.4, -0.2) is 6.54 Å². The van der Waals surface area contributed by atoms with Crippen LogP contribution in [0.1, 0.15) is 65.2 Å². The van der Waals surface area contributed by atoms with Crippen LogP contribution in [0.15, 0.2) is 12.2 Å². The zero-order valence-corrected chi connectivity index (χ0v) is 10.7. The summed E-state index contributed by atoms with van der Waals surface area (Å²) in [6.45, 7) is 5.43. The Labute approximate surface area is 96.1 Å². The van der Waals surface area contributed by atoms with Gasteiger partial charge in [-0.05, 0) is 44.6 Å². The third kappa shape index (κ3) is 11.6. The van der Waals surface area contributed by atoms with E-state index in [2.05, 4.69) is 26.0 Å². The van der Waals surface area contributed by atoms with E-state index in [9.17, 15) is 0 Å². The monoisotopic (exact) mass is 211 g/mol. The maximum atomic E-state index is 5.49. The van der Waals surface area contributed by atoms with Crippen molar-refractivity contribution in [3.05, 3.63) is 12.2 Å². The number of nitrogens with two attached hydrogens (primary N) is 1. The molecule has 1 atom stereocenters. The molecule has 0 aromatic carbocycles. The van der Waals surface area contributed by atoms with Crippen molar-refractivity contribution in [2.75, 3.05) is 6.54 Å². The van der Waals surface area contributed by atoms with Crippen LogP contribution in [0.25, 0.3) is 0 Å². The molecule has 0 saturated carbocycles. The van der Waals surface area contributed by atoms with Gasteiger partial charge in [0.05, 0.1) is 0 Å². The first-order valence-corrected chi connectivity index (χ1v) is 6.66. The third-order valence-corrected chi connectivity index (χ3v) is 2.84. The van der Waals surface area contributed by atoms with Crippen LogP contribution in [-0.2, 0) is 0 Å². The van der Waals surface area contributed by atoms with Crippen molar-refractivity contribution in [1.82, 2.24) is 0 Å². The van der Waals surface area contributed by atoms with Gasteiger partial charge in [0.15, 0.2) is 0 Å². The highest BCUT2D eigenvalue weighted by atomic mass is 14.5. The van der Waals surface area contributed by atoms with Crippen LogP contribution in [0.3, 0.4) is 0 Å². The molecule has 0 bridgehead atoms. The topological polar surface area (TPSA) is 26.0 Å². The van der Waals surface area contributed by atoms with Crippen molar-refractivity contribution in [1.29, 1.82) is 0 Å². The molecule has 0 aromatic rings. The van der Waals surface area contributed by atoms with E-state index in [1.807, 2.05) is 0 Å². The first-order chi connectivity index (χ1) is 7.31. The number of unbranched alkanes of at least 4 members (excludes halogenated alkanes) is 3. The van der Waals surface area contributed by atoms with Gasteiger partial charge < -0.3 is 5.73 Å². The Morgan fingerprint density at radius 2 is 1.67 bits per heavy atom. The highest BCUT2D eigenvalue weighted by Crippen LogP contribution is 2.14. The molecule has 2 N–H and O–H groups in total. The van der Waals surface area contributed by atoms with E-state index in [-0.39, 0.29) is 0 Å². The fourth-order valence-electron chi connectivity index (χ4n) is 1.77. The van der Waals surface area contributed by atoms with E-state index in [0.29, 0.717) is 0 Å². The van der Waals surface area contributed by atoms with Gasteiger partial charge in [-0.2, -0.15) is 0 Å². The minimum Gasteiger partial charge on any atom is -0.330 e. The van der Waals surface area contributed by atoms with E-state index < -0.39 is 0 Å². The first-order valence-electron chi connectivity index (χ1n) is 6.66. The van der Waals surface area contributed by atoms with Gasteiger partial charge in [0.1, 0.15) is 0 Å². The minimum atomic E-state index is 0.851. The fraction of sp³-hybridized carbons (Fsp3) is 0.857. The normalized spacial score (nSPS) is 13.5. The van der Waals surface area contributed by atoms with Crippen molar-refractivity contribution >= 4 is 0 Å². The van der Waals surface area contributed by atoms with Crippen LogP contribution in [0.2, 0.25) is 0 Å². The summed E-state index contributed by atoms with van der Waals surface area (Å²) < 4.78 is 0. The lowest BCUT2D eigenvalue weighted by molar-refractivity contribution is 0.456. The first kappa shape index (κ1) is 14.7. The Hall–Kier alpha value is -0.300. The second-order valence-corrected chi connectivity index (χ2v) is 4.58. The van der Waals surface area contributed by atoms with Crippen molar-refractivity contribution < 1.29 is 0 Å². The Bertz CT molecular complexity index is 140. The standard InChI is InChI=1S/C14H29N/c1-3-4-5-6-7-8-9-11-14(2)12-10-13-15/h5-6,14H,3-4,7-13,15H2,1-2H3/b6-5+. The number of rotatable bonds is 10. The third-order valence-electron chi connectivity index (χ3n) is 2.84. The summed E-state index contributed by atoms with van der Waals surface area (Å²) in [5.41, 5.74) is 5.49. The maximum absolute atomic E-state index is 5.49. The van der Waals surface area contributed by atoms with Gasteiger partial charge in [0.2, 0.25) is 0 Å². The molecule has 0 amide bonds. The summed E-state index contributed by atoms with van der Waals surface area (Å²) in [6.07, 6.45) is 15.0. The van der Waals surface area contributed by atoms with Crippen molar-refractivity contribution in [3.8, 4) is 0 Å². The van der Waals surface area contributed by atoms with Gasteiger partial charge in [0.25, 0.3) is 0 Å². The smallest absolute Gasteiger partial charge is 0.00772 e. The molecule has 15 heavy (non-hydrogen) atoms. The minimum absolute atomic E-state index is 0.851. The maximum Gasteiger partial charge on any atom is -0.00772 e. The second kappa shape index (κ2) is 11.8. The molecule has 90 valence electrons. The predicted molar refractivity (Wildman–Crippen MR) is 70.0 cm³/mol. The summed E-state index contributed by atoms with van der Waals surface area (Å²) >= 11 is 0. The van der Waals surface area contributed by atoms with Crippen LogP contribution in [0, 0.1) is 5.92 Å². The van der Waals surface area contributed by atoms with Crippen molar-refractivity contribution in [2.24, 2.45) is 11.7 Å². The van der Waals surface area contributed by atoms with E-state index in [1.165, 1.54) is 51.4 Å². The molecule has 1 nitrogen and oxygen atoms in total. The van der Waals surface area contributed by atoms with E-state index in [0.717, 1.165) is 12.5 Å². The van der Waals surface area contributed by atoms with E-state index in [4.69, 9.17) is 5.73 Å². The summed E-state index contributed by atoms with van der Waals surface area (Å²) in [5.74, 6) is 0.869. The van der Waals surface area contributed by atoms with Crippen LogP contribution >= 0.6 is 0 Å². The fourth-order valence-corrected chi connectivity index (χ4v) is 1.77. The quantitative estimate of drug-likeness (QED) is 0.423. The molecule has 0 radical (unpaired) electrons. The Morgan fingerprint density at radius 1 is 1.00 bits per heavy atom. The molecule has 0 heterocycles. The second-order valence-electron chi connectivity index (χ2n) is 4.58. The molecule has 0 rings (SSSR count). The van der Waals surface area contributed by atoms with E-state index in [1.54, 1.807) is 0 Å². The summed E-state index contributed by atoms with van der Waals surface area (Å²) in [6, 6.07) is 0. The average molecular weight is 211 g/mol. The molecule has 0 saturated heterocycles. The largest absolute Gasteiger partial charge is 0.330 e. The van der Waals surface area contributed by atoms with Crippen LogP contribution in [0.5, 0.6) is 0 Å². The Kier molecular flexibility index (Phi) is 11.5. The highest BCUT2D eigenvalue weighted by Gasteiger charge is 2.00. The molecule has 0 aliphatic carbocycles. The molecule has 0 aliphatic heterocycles. The summed E-state index contributed by atoms with van der Waals surface area (Å²) in [7, 11) is 0. The summed E-state index contributed by atoms with van der Waals surface area (Å²) in [4.78, 5) is 0. The SMILES string of the molecule is CCC/C=C/CCCCC(C)CCCN. The molecule has 0 aromatic heterocycles. The van der Waals surface area contributed by atoms with Crippen LogP contribution in [0.4, 0.5) is 0 Å². The molecule has 1 unspecified atom stereocenters. The lowest BCUT2D eigenvalue weighted by Crippen LogP contribution is -2.02. The molecule has 0 fully saturated rings. The molecule has 0 aliphatic rings. The number of allylic oxidation sites excluding steroid dienone is 2. The molecular formula is C14H29N. The lowest BCUT2D eigenvalue weighted by Gasteiger charge is -2.09. The van der Waals surface area contributed by atoms with Gasteiger partial charge >= 0.3 is 0 Å². The Balaban J connectivity index is 3.15. The van der Waals surface area contributed by atoms with Crippen molar-refractivity contribution in [3.63, 3.8) is 0 Å². The van der Waals surface area contributed by atoms with Gasteiger partial charge in [-0.1, -0.05) is 45.3 Å². The van der Waals surface area contributed by atoms with E-state index >= 15 is 0 Å².